The summed E-state index contributed by atoms with van der Waals surface area (Å²) in [6.45, 7) is 13.8. The molecule has 2 saturated heterocycles. The van der Waals surface area contributed by atoms with Crippen molar-refractivity contribution in [2.45, 2.75) is 71.1 Å². The van der Waals surface area contributed by atoms with Gasteiger partial charge in [0.25, 0.3) is 0 Å². The Bertz CT molecular complexity index is 274. The summed E-state index contributed by atoms with van der Waals surface area (Å²) in [5.41, 5.74) is 0.250. The van der Waals surface area contributed by atoms with E-state index in [1.165, 1.54) is 32.2 Å². The second-order valence-corrected chi connectivity index (χ2v) is 7.11. The van der Waals surface area contributed by atoms with E-state index in [4.69, 9.17) is 4.74 Å². The van der Waals surface area contributed by atoms with Gasteiger partial charge in [-0.2, -0.15) is 0 Å². The molecule has 0 aliphatic carbocycles. The van der Waals surface area contributed by atoms with Gasteiger partial charge in [0.15, 0.2) is 0 Å². The van der Waals surface area contributed by atoms with Crippen LogP contribution in [0.1, 0.15) is 53.4 Å². The van der Waals surface area contributed by atoms with Gasteiger partial charge < -0.3 is 10.1 Å². The maximum atomic E-state index is 5.78. The molecular formula is C16H32N2O. The average Bonchev–Trinajstić information content (AvgIpc) is 2.88. The molecule has 0 spiro atoms. The van der Waals surface area contributed by atoms with E-state index in [2.05, 4.69) is 37.9 Å². The first kappa shape index (κ1) is 15.3. The Labute approximate surface area is 119 Å². The Balaban J connectivity index is 1.90. The van der Waals surface area contributed by atoms with Crippen LogP contribution in [0.3, 0.4) is 0 Å². The first-order chi connectivity index (χ1) is 9.02. The molecule has 3 nitrogen and oxygen atoms in total. The van der Waals surface area contributed by atoms with Crippen molar-refractivity contribution < 1.29 is 4.74 Å². The van der Waals surface area contributed by atoms with E-state index in [9.17, 15) is 0 Å². The van der Waals surface area contributed by atoms with Crippen LogP contribution in [0, 0.1) is 5.92 Å². The Morgan fingerprint density at radius 3 is 2.84 bits per heavy atom. The summed E-state index contributed by atoms with van der Waals surface area (Å²) in [6, 6.07) is 0.694. The molecule has 0 aromatic heterocycles. The van der Waals surface area contributed by atoms with Crippen LogP contribution in [0.2, 0.25) is 0 Å². The van der Waals surface area contributed by atoms with Crippen LogP contribution < -0.4 is 5.32 Å². The molecule has 3 atom stereocenters. The van der Waals surface area contributed by atoms with Crippen LogP contribution in [0.15, 0.2) is 0 Å². The zero-order valence-corrected chi connectivity index (χ0v) is 13.2. The largest absolute Gasteiger partial charge is 0.378 e. The predicted molar refractivity (Wildman–Crippen MR) is 80.5 cm³/mol. The van der Waals surface area contributed by atoms with E-state index in [0.717, 1.165) is 25.6 Å². The second-order valence-electron chi connectivity index (χ2n) is 7.11. The molecule has 2 aliphatic heterocycles. The van der Waals surface area contributed by atoms with E-state index in [-0.39, 0.29) is 5.54 Å². The molecule has 0 bridgehead atoms. The number of hydrogen-bond acceptors (Lipinski definition) is 3. The molecule has 3 heteroatoms. The Morgan fingerprint density at radius 2 is 2.21 bits per heavy atom. The van der Waals surface area contributed by atoms with Crippen LogP contribution >= 0.6 is 0 Å². The molecule has 1 N–H and O–H groups in total. The third kappa shape index (κ3) is 4.17. The van der Waals surface area contributed by atoms with Crippen molar-refractivity contribution in [3.8, 4) is 0 Å². The highest BCUT2D eigenvalue weighted by Crippen LogP contribution is 2.24. The number of nitrogens with zero attached hydrogens (tertiary/aromatic N) is 1. The van der Waals surface area contributed by atoms with Gasteiger partial charge in [-0.25, -0.2) is 0 Å². The number of ether oxygens (including phenoxy) is 1. The fourth-order valence-electron chi connectivity index (χ4n) is 3.45. The average molecular weight is 268 g/mol. The summed E-state index contributed by atoms with van der Waals surface area (Å²) in [7, 11) is 0. The molecule has 0 aromatic carbocycles. The third-order valence-electron chi connectivity index (χ3n) is 4.92. The fourth-order valence-corrected chi connectivity index (χ4v) is 3.45. The van der Waals surface area contributed by atoms with Crippen LogP contribution in [0.5, 0.6) is 0 Å². The smallest absolute Gasteiger partial charge is 0.0588 e. The highest BCUT2D eigenvalue weighted by molar-refractivity contribution is 4.94. The molecular weight excluding hydrogens is 236 g/mol. The minimum atomic E-state index is 0.250. The third-order valence-corrected chi connectivity index (χ3v) is 4.92. The monoisotopic (exact) mass is 268 g/mol. The van der Waals surface area contributed by atoms with Crippen LogP contribution in [-0.2, 0) is 4.74 Å². The van der Waals surface area contributed by atoms with Crippen molar-refractivity contribution in [3.05, 3.63) is 0 Å². The molecule has 2 aliphatic rings. The molecule has 0 aromatic rings. The lowest BCUT2D eigenvalue weighted by Crippen LogP contribution is -2.63. The van der Waals surface area contributed by atoms with Gasteiger partial charge in [0.1, 0.15) is 0 Å². The fraction of sp³-hybridized carbons (Fsp3) is 1.00. The normalized spacial score (nSPS) is 33.5. The first-order valence-electron chi connectivity index (χ1n) is 8.12. The zero-order chi connectivity index (χ0) is 13.9. The molecule has 3 unspecified atom stereocenters. The zero-order valence-electron chi connectivity index (χ0n) is 13.2. The van der Waals surface area contributed by atoms with E-state index in [1.807, 2.05) is 0 Å². The van der Waals surface area contributed by atoms with Crippen molar-refractivity contribution in [3.63, 3.8) is 0 Å². The lowest BCUT2D eigenvalue weighted by molar-refractivity contribution is 0.0394. The molecule has 0 saturated carbocycles. The maximum absolute atomic E-state index is 5.78. The molecule has 0 amide bonds. The lowest BCUT2D eigenvalue weighted by atomic mass is 9.90. The highest BCUT2D eigenvalue weighted by atomic mass is 16.5. The van der Waals surface area contributed by atoms with Crippen molar-refractivity contribution in [2.75, 3.05) is 26.2 Å². The van der Waals surface area contributed by atoms with Crippen molar-refractivity contribution in [2.24, 2.45) is 5.92 Å². The molecule has 112 valence electrons. The Hall–Kier alpha value is -0.120. The summed E-state index contributed by atoms with van der Waals surface area (Å²) in [5.74, 6) is 0.771. The van der Waals surface area contributed by atoms with Gasteiger partial charge in [-0.3, -0.25) is 4.90 Å². The molecule has 19 heavy (non-hydrogen) atoms. The Kier molecular flexibility index (Phi) is 5.27. The van der Waals surface area contributed by atoms with Crippen molar-refractivity contribution in [1.82, 2.24) is 10.2 Å². The Morgan fingerprint density at radius 1 is 1.42 bits per heavy atom. The molecule has 0 radical (unpaired) electrons. The molecule has 2 rings (SSSR count). The topological polar surface area (TPSA) is 24.5 Å². The van der Waals surface area contributed by atoms with E-state index < -0.39 is 0 Å². The lowest BCUT2D eigenvalue weighted by Gasteiger charge is -2.47. The number of hydrogen-bond donors (Lipinski definition) is 1. The molecule has 2 fully saturated rings. The SMILES string of the molecule is CCC(C)C1CNC(C)(C)CN1CCC1CCCO1. The van der Waals surface area contributed by atoms with E-state index in [1.54, 1.807) is 0 Å². The highest BCUT2D eigenvalue weighted by Gasteiger charge is 2.34. The van der Waals surface area contributed by atoms with Gasteiger partial charge in [-0.1, -0.05) is 20.3 Å². The number of nitrogens with one attached hydrogen (secondary N) is 1. The second kappa shape index (κ2) is 6.55. The van der Waals surface area contributed by atoms with E-state index in [0.29, 0.717) is 12.1 Å². The van der Waals surface area contributed by atoms with E-state index >= 15 is 0 Å². The van der Waals surface area contributed by atoms with Gasteiger partial charge in [0.2, 0.25) is 0 Å². The maximum Gasteiger partial charge on any atom is 0.0588 e. The van der Waals surface area contributed by atoms with Crippen molar-refractivity contribution >= 4 is 0 Å². The minimum Gasteiger partial charge on any atom is -0.378 e. The van der Waals surface area contributed by atoms with Crippen LogP contribution in [-0.4, -0.2) is 48.8 Å². The summed E-state index contributed by atoms with van der Waals surface area (Å²) in [6.07, 6.45) is 5.53. The predicted octanol–water partition coefficient (Wildman–Crippen LogP) is 2.65. The minimum absolute atomic E-state index is 0.250. The van der Waals surface area contributed by atoms with Gasteiger partial charge in [-0.05, 0) is 39.0 Å². The van der Waals surface area contributed by atoms with Gasteiger partial charge in [0, 0.05) is 37.8 Å². The van der Waals surface area contributed by atoms with Gasteiger partial charge in [-0.15, -0.1) is 0 Å². The van der Waals surface area contributed by atoms with Crippen molar-refractivity contribution in [1.29, 1.82) is 0 Å². The molecule has 2 heterocycles. The first-order valence-corrected chi connectivity index (χ1v) is 8.12. The summed E-state index contributed by atoms with van der Waals surface area (Å²) in [5, 5.41) is 3.71. The number of piperazine rings is 1. The summed E-state index contributed by atoms with van der Waals surface area (Å²) in [4.78, 5) is 2.71. The van der Waals surface area contributed by atoms with Crippen LogP contribution in [0.4, 0.5) is 0 Å². The standard InChI is InChI=1S/C16H32N2O/c1-5-13(2)15-11-17-16(3,4)12-18(15)9-8-14-7-6-10-19-14/h13-15,17H,5-12H2,1-4H3. The van der Waals surface area contributed by atoms with Gasteiger partial charge >= 0.3 is 0 Å². The quantitative estimate of drug-likeness (QED) is 0.829. The van der Waals surface area contributed by atoms with Gasteiger partial charge in [0.05, 0.1) is 6.10 Å². The van der Waals surface area contributed by atoms with Crippen LogP contribution in [0.25, 0.3) is 0 Å². The summed E-state index contributed by atoms with van der Waals surface area (Å²) >= 11 is 0. The summed E-state index contributed by atoms with van der Waals surface area (Å²) < 4.78 is 5.78. The number of rotatable bonds is 5.